The van der Waals surface area contributed by atoms with Gasteiger partial charge in [-0.05, 0) is 48.5 Å². The predicted octanol–water partition coefficient (Wildman–Crippen LogP) is 4.41. The minimum absolute atomic E-state index is 0.0640. The van der Waals surface area contributed by atoms with E-state index in [1.807, 2.05) is 59.4 Å². The van der Waals surface area contributed by atoms with E-state index in [1.54, 1.807) is 12.1 Å². The zero-order valence-electron chi connectivity index (χ0n) is 15.1. The van der Waals surface area contributed by atoms with Gasteiger partial charge < -0.3 is 14.1 Å². The summed E-state index contributed by atoms with van der Waals surface area (Å²) in [5, 5.41) is 8.81. The number of nitrogens with zero attached hydrogens (tertiary/aromatic N) is 2. The number of thiocarbonyl (C=S) groups is 1. The lowest BCUT2D eigenvalue weighted by Gasteiger charge is -2.12. The van der Waals surface area contributed by atoms with Crippen molar-refractivity contribution < 1.29 is 19.1 Å². The Morgan fingerprint density at radius 3 is 2.55 bits per heavy atom. The molecular weight excluding hydrogens is 408 g/mol. The van der Waals surface area contributed by atoms with E-state index in [0.717, 1.165) is 23.0 Å². The number of benzene rings is 1. The van der Waals surface area contributed by atoms with Crippen molar-refractivity contribution in [3.05, 3.63) is 71.6 Å². The van der Waals surface area contributed by atoms with Crippen LogP contribution in [0, 0.1) is 0 Å². The van der Waals surface area contributed by atoms with Gasteiger partial charge in [-0.15, -0.1) is 0 Å². The first-order valence-electron chi connectivity index (χ1n) is 8.82. The van der Waals surface area contributed by atoms with Gasteiger partial charge in [0.15, 0.2) is 0 Å². The fraction of sp³-hybridized carbons (Fsp3) is 0.0952. The Kier molecular flexibility index (Phi) is 5.37. The van der Waals surface area contributed by atoms with E-state index in [4.69, 9.17) is 21.7 Å². The zero-order chi connectivity index (χ0) is 20.4. The van der Waals surface area contributed by atoms with Gasteiger partial charge in [-0.3, -0.25) is 14.5 Å². The number of carbonyl (C=O) groups excluding carboxylic acids is 1. The van der Waals surface area contributed by atoms with Crippen LogP contribution >= 0.6 is 24.0 Å². The van der Waals surface area contributed by atoms with Crippen LogP contribution in [0.2, 0.25) is 0 Å². The molecule has 0 radical (unpaired) electrons. The van der Waals surface area contributed by atoms with Crippen molar-refractivity contribution in [1.29, 1.82) is 0 Å². The van der Waals surface area contributed by atoms with Crippen molar-refractivity contribution in [2.75, 3.05) is 6.54 Å². The first-order valence-corrected chi connectivity index (χ1v) is 10.0. The quantitative estimate of drug-likeness (QED) is 0.467. The summed E-state index contributed by atoms with van der Waals surface area (Å²) >= 11 is 6.34. The second kappa shape index (κ2) is 8.10. The predicted molar refractivity (Wildman–Crippen MR) is 116 cm³/mol. The van der Waals surface area contributed by atoms with Crippen molar-refractivity contribution in [2.24, 2.45) is 0 Å². The van der Waals surface area contributed by atoms with Gasteiger partial charge in [0.05, 0.1) is 11.3 Å². The maximum absolute atomic E-state index is 12.5. The van der Waals surface area contributed by atoms with Gasteiger partial charge in [0.25, 0.3) is 5.91 Å². The van der Waals surface area contributed by atoms with Crippen LogP contribution in [-0.2, 0) is 9.59 Å². The average Bonchev–Trinajstić information content (AvgIpc) is 3.44. The molecule has 146 valence electrons. The summed E-state index contributed by atoms with van der Waals surface area (Å²) < 4.78 is 8.25. The Hall–Kier alpha value is -3.10. The third-order valence-electron chi connectivity index (χ3n) is 4.38. The van der Waals surface area contributed by atoms with E-state index in [2.05, 4.69) is 0 Å². The molecule has 1 fully saturated rings. The summed E-state index contributed by atoms with van der Waals surface area (Å²) in [5.41, 5.74) is 1.98. The summed E-state index contributed by atoms with van der Waals surface area (Å²) in [4.78, 5) is 25.0. The minimum atomic E-state index is -0.971. The Morgan fingerprint density at radius 2 is 1.86 bits per heavy atom. The zero-order valence-corrected chi connectivity index (χ0v) is 16.8. The molecule has 8 heteroatoms. The van der Waals surface area contributed by atoms with Gasteiger partial charge in [-0.1, -0.05) is 24.0 Å². The molecule has 3 aromatic rings. The van der Waals surface area contributed by atoms with Crippen LogP contribution in [0.5, 0.6) is 0 Å². The number of thioether (sulfide) groups is 1. The average molecular weight is 425 g/mol. The van der Waals surface area contributed by atoms with Gasteiger partial charge in [-0.25, -0.2) is 0 Å². The van der Waals surface area contributed by atoms with Crippen molar-refractivity contribution in [3.8, 4) is 17.0 Å². The number of hydrogen-bond donors (Lipinski definition) is 1. The van der Waals surface area contributed by atoms with Crippen molar-refractivity contribution in [3.63, 3.8) is 0 Å². The molecule has 0 aliphatic carbocycles. The highest BCUT2D eigenvalue weighted by molar-refractivity contribution is 8.26. The van der Waals surface area contributed by atoms with Gasteiger partial charge in [0.1, 0.15) is 15.8 Å². The molecule has 1 saturated heterocycles. The highest BCUT2D eigenvalue weighted by Crippen LogP contribution is 2.33. The van der Waals surface area contributed by atoms with E-state index >= 15 is 0 Å². The number of carboxylic acid groups (broad SMARTS) is 1. The number of rotatable bonds is 6. The van der Waals surface area contributed by atoms with E-state index in [1.165, 1.54) is 4.90 Å². The second-order valence-electron chi connectivity index (χ2n) is 6.32. The van der Waals surface area contributed by atoms with Crippen LogP contribution in [-0.4, -0.2) is 37.3 Å². The molecule has 6 nitrogen and oxygen atoms in total. The van der Waals surface area contributed by atoms with Crippen LogP contribution in [0.3, 0.4) is 0 Å². The third kappa shape index (κ3) is 4.18. The molecule has 4 rings (SSSR count). The lowest BCUT2D eigenvalue weighted by Crippen LogP contribution is -2.30. The van der Waals surface area contributed by atoms with Crippen LogP contribution < -0.4 is 0 Å². The molecule has 1 N–H and O–H groups in total. The molecule has 3 heterocycles. The van der Waals surface area contributed by atoms with Crippen molar-refractivity contribution in [2.45, 2.75) is 6.42 Å². The van der Waals surface area contributed by atoms with Crippen LogP contribution in [0.15, 0.2) is 70.2 Å². The number of amides is 1. The fourth-order valence-electron chi connectivity index (χ4n) is 2.92. The van der Waals surface area contributed by atoms with E-state index in [-0.39, 0.29) is 18.9 Å². The summed E-state index contributed by atoms with van der Waals surface area (Å²) in [6, 6.07) is 15.5. The van der Waals surface area contributed by atoms with Crippen LogP contribution in [0.4, 0.5) is 0 Å². The van der Waals surface area contributed by atoms with Gasteiger partial charge in [0, 0.05) is 36.3 Å². The van der Waals surface area contributed by atoms with Crippen LogP contribution in [0.25, 0.3) is 23.1 Å². The molecular formula is C21H16N2O4S2. The molecule has 1 aliphatic heterocycles. The molecule has 0 bridgehead atoms. The molecule has 1 aliphatic rings. The van der Waals surface area contributed by atoms with Gasteiger partial charge in [0.2, 0.25) is 0 Å². The number of furan rings is 1. The first-order chi connectivity index (χ1) is 14.0. The molecule has 0 atom stereocenters. The molecule has 1 aromatic carbocycles. The number of carbonyl (C=O) groups is 2. The van der Waals surface area contributed by atoms with Gasteiger partial charge >= 0.3 is 5.97 Å². The highest BCUT2D eigenvalue weighted by Gasteiger charge is 2.32. The summed E-state index contributed by atoms with van der Waals surface area (Å²) in [7, 11) is 0. The van der Waals surface area contributed by atoms with Crippen LogP contribution in [0.1, 0.15) is 12.2 Å². The SMILES string of the molecule is O=C(O)CCN1C(=O)/C(=C/c2ccc(-c3ccc(-n4cccc4)cc3)o2)SC1=S. The number of aliphatic carboxylic acids is 1. The summed E-state index contributed by atoms with van der Waals surface area (Å²) in [6.45, 7) is 0.0640. The molecule has 2 aromatic heterocycles. The van der Waals surface area contributed by atoms with Gasteiger partial charge in [-0.2, -0.15) is 0 Å². The smallest absolute Gasteiger partial charge is 0.305 e. The maximum Gasteiger partial charge on any atom is 0.305 e. The number of hydrogen-bond acceptors (Lipinski definition) is 5. The number of aromatic nitrogens is 1. The standard InChI is InChI=1S/C21H16N2O4S2/c24-19(25)9-12-23-20(26)18(29-21(23)28)13-16-7-8-17(27-16)14-3-5-15(6-4-14)22-10-1-2-11-22/h1-8,10-11,13H,9,12H2,(H,24,25)/b18-13-. The third-order valence-corrected chi connectivity index (χ3v) is 5.76. The normalized spacial score (nSPS) is 15.4. The van der Waals surface area contributed by atoms with E-state index < -0.39 is 5.97 Å². The fourth-order valence-corrected chi connectivity index (χ4v) is 4.21. The summed E-state index contributed by atoms with van der Waals surface area (Å²) in [6.07, 6.45) is 5.45. The molecule has 0 saturated carbocycles. The number of carboxylic acids is 1. The lowest BCUT2D eigenvalue weighted by molar-refractivity contribution is -0.137. The Labute approximate surface area is 176 Å². The molecule has 1 amide bonds. The monoisotopic (exact) mass is 424 g/mol. The first kappa shape index (κ1) is 19.2. The van der Waals surface area contributed by atoms with E-state index in [0.29, 0.717) is 20.7 Å². The molecule has 29 heavy (non-hydrogen) atoms. The Bertz CT molecular complexity index is 1100. The summed E-state index contributed by atoms with van der Waals surface area (Å²) in [5.74, 6) is -0.0401. The van der Waals surface area contributed by atoms with E-state index in [9.17, 15) is 9.59 Å². The van der Waals surface area contributed by atoms with Crippen molar-refractivity contribution in [1.82, 2.24) is 9.47 Å². The lowest BCUT2D eigenvalue weighted by atomic mass is 10.1. The topological polar surface area (TPSA) is 75.7 Å². The Morgan fingerprint density at radius 1 is 1.14 bits per heavy atom. The minimum Gasteiger partial charge on any atom is -0.481 e. The van der Waals surface area contributed by atoms with Crippen molar-refractivity contribution >= 4 is 46.3 Å². The maximum atomic E-state index is 12.5. The highest BCUT2D eigenvalue weighted by atomic mass is 32.2. The molecule has 0 unspecified atom stereocenters. The largest absolute Gasteiger partial charge is 0.481 e. The molecule has 0 spiro atoms. The second-order valence-corrected chi connectivity index (χ2v) is 7.99. The Balaban J connectivity index is 1.50.